The Morgan fingerprint density at radius 3 is 2.28 bits per heavy atom. The summed E-state index contributed by atoms with van der Waals surface area (Å²) in [7, 11) is -3.83. The molecule has 0 saturated heterocycles. The van der Waals surface area contributed by atoms with Gasteiger partial charge in [-0.15, -0.1) is 0 Å². The molecule has 0 aliphatic rings. The number of carboxylic acid groups (broad SMARTS) is 1. The molecule has 0 radical (unpaired) electrons. The Bertz CT molecular complexity index is 1930. The van der Waals surface area contributed by atoms with Crippen LogP contribution in [0.25, 0.3) is 11.0 Å². The van der Waals surface area contributed by atoms with Gasteiger partial charge in [-0.05, 0) is 73.0 Å². The molecule has 2 heterocycles. The number of nitrogens with zero attached hydrogens (tertiary/aromatic N) is 4. The number of nitrogens with one attached hydrogen (secondary N) is 2. The van der Waals surface area contributed by atoms with Crippen molar-refractivity contribution in [1.29, 1.82) is 0 Å². The van der Waals surface area contributed by atoms with Gasteiger partial charge in [-0.2, -0.15) is 13.2 Å². The summed E-state index contributed by atoms with van der Waals surface area (Å²) < 4.78 is 77.3. The Hall–Kier alpha value is -4.80. The van der Waals surface area contributed by atoms with Gasteiger partial charge >= 0.3 is 12.1 Å². The summed E-state index contributed by atoms with van der Waals surface area (Å²) >= 11 is 5.95. The molecule has 3 aromatic carbocycles. The molecule has 3 N–H and O–H groups in total. The van der Waals surface area contributed by atoms with E-state index >= 15 is 0 Å². The van der Waals surface area contributed by atoms with Crippen LogP contribution in [0, 0.1) is 5.82 Å². The fourth-order valence-electron chi connectivity index (χ4n) is 4.27. The van der Waals surface area contributed by atoms with Gasteiger partial charge in [-0.1, -0.05) is 23.7 Å². The van der Waals surface area contributed by atoms with Gasteiger partial charge in [0, 0.05) is 42.6 Å². The van der Waals surface area contributed by atoms with Crippen molar-refractivity contribution in [2.75, 3.05) is 11.9 Å². The van der Waals surface area contributed by atoms with Gasteiger partial charge in [0.25, 0.3) is 5.91 Å². The highest BCUT2D eigenvalue weighted by atomic mass is 35.5. The molecule has 0 fully saturated rings. The van der Waals surface area contributed by atoms with E-state index < -0.39 is 22.2 Å². The monoisotopic (exact) mass is 694 g/mol. The maximum Gasteiger partial charge on any atom is 0.490 e. The molecule has 0 bridgehead atoms. The van der Waals surface area contributed by atoms with Crippen molar-refractivity contribution in [2.24, 2.45) is 0 Å². The van der Waals surface area contributed by atoms with E-state index in [9.17, 15) is 30.8 Å². The Morgan fingerprint density at radius 1 is 0.979 bits per heavy atom. The molecule has 47 heavy (non-hydrogen) atoms. The second-order valence-corrected chi connectivity index (χ2v) is 12.1. The van der Waals surface area contributed by atoms with Crippen molar-refractivity contribution >= 4 is 50.5 Å². The van der Waals surface area contributed by atoms with E-state index in [4.69, 9.17) is 21.5 Å². The van der Waals surface area contributed by atoms with Gasteiger partial charge in [-0.25, -0.2) is 32.3 Å². The number of carbonyl (C=O) groups is 2. The molecular weight excluding hydrogens is 668 g/mol. The number of benzene rings is 3. The fourth-order valence-corrected chi connectivity index (χ4v) is 5.45. The van der Waals surface area contributed by atoms with E-state index in [0.717, 1.165) is 12.0 Å². The van der Waals surface area contributed by atoms with Crippen molar-refractivity contribution < 1.29 is 40.7 Å². The number of anilines is 1. The second-order valence-electron chi connectivity index (χ2n) is 9.93. The number of halogens is 5. The number of imidazole rings is 2. The zero-order valence-corrected chi connectivity index (χ0v) is 25.9. The van der Waals surface area contributed by atoms with Gasteiger partial charge in [0.05, 0.1) is 22.3 Å². The maximum atomic E-state index is 13.1. The number of alkyl halides is 3. The first-order valence-electron chi connectivity index (χ1n) is 13.8. The van der Waals surface area contributed by atoms with Gasteiger partial charge < -0.3 is 14.2 Å². The molecule has 5 rings (SSSR count). The van der Waals surface area contributed by atoms with E-state index in [1.54, 1.807) is 55.0 Å². The van der Waals surface area contributed by atoms with Crippen LogP contribution in [0.1, 0.15) is 22.3 Å². The number of aryl methyl sites for hydroxylation is 2. The number of hydrogen-bond donors (Lipinski definition) is 3. The van der Waals surface area contributed by atoms with Crippen molar-refractivity contribution in [3.05, 3.63) is 107 Å². The fraction of sp³-hybridized carbons (Fsp3) is 0.200. The molecule has 5 aromatic rings. The predicted octanol–water partition coefficient (Wildman–Crippen LogP) is 5.52. The summed E-state index contributed by atoms with van der Waals surface area (Å²) in [6.07, 6.45) is 1.36. The van der Waals surface area contributed by atoms with Crippen LogP contribution in [0.5, 0.6) is 0 Å². The lowest BCUT2D eigenvalue weighted by atomic mass is 10.1. The van der Waals surface area contributed by atoms with Gasteiger partial charge in [-0.3, -0.25) is 10.1 Å². The van der Waals surface area contributed by atoms with Gasteiger partial charge in [0.15, 0.2) is 0 Å². The van der Waals surface area contributed by atoms with Crippen LogP contribution < -0.4 is 10.0 Å². The summed E-state index contributed by atoms with van der Waals surface area (Å²) in [4.78, 5) is 30.5. The van der Waals surface area contributed by atoms with Crippen molar-refractivity contribution in [1.82, 2.24) is 23.8 Å². The Kier molecular flexibility index (Phi) is 11.3. The molecule has 17 heteroatoms. The molecule has 0 spiro atoms. The number of rotatable bonds is 11. The summed E-state index contributed by atoms with van der Waals surface area (Å²) in [6.45, 7) is 1.37. The SMILES string of the molecule is O=C(Nc1nc2cc(S(=O)(=O)NCCc3ccc(F)cc3)ccc2n1CCCn1ccnc1)c1ccc(Cl)cc1.O=C(O)C(F)(F)F. The van der Waals surface area contributed by atoms with Crippen LogP contribution >= 0.6 is 11.6 Å². The number of aromatic nitrogens is 4. The minimum atomic E-state index is -5.08. The first-order chi connectivity index (χ1) is 22.2. The molecule has 11 nitrogen and oxygen atoms in total. The Balaban J connectivity index is 0.000000644. The Morgan fingerprint density at radius 2 is 1.66 bits per heavy atom. The molecule has 0 unspecified atom stereocenters. The number of aliphatic carboxylic acids is 1. The lowest BCUT2D eigenvalue weighted by molar-refractivity contribution is -0.192. The van der Waals surface area contributed by atoms with E-state index in [2.05, 4.69) is 20.0 Å². The lowest BCUT2D eigenvalue weighted by Crippen LogP contribution is -2.26. The summed E-state index contributed by atoms with van der Waals surface area (Å²) in [5.41, 5.74) is 2.34. The van der Waals surface area contributed by atoms with Crippen LogP contribution in [-0.2, 0) is 34.3 Å². The van der Waals surface area contributed by atoms with Gasteiger partial charge in [0.2, 0.25) is 16.0 Å². The van der Waals surface area contributed by atoms with Crippen LogP contribution in [0.2, 0.25) is 5.02 Å². The first kappa shape index (κ1) is 35.1. The van der Waals surface area contributed by atoms with E-state index in [1.165, 1.54) is 24.3 Å². The minimum Gasteiger partial charge on any atom is -0.475 e. The molecule has 2 aromatic heterocycles. The van der Waals surface area contributed by atoms with Crippen LogP contribution in [-0.4, -0.2) is 57.2 Å². The van der Waals surface area contributed by atoms with E-state index in [-0.39, 0.29) is 23.2 Å². The third-order valence-electron chi connectivity index (χ3n) is 6.58. The number of carbonyl (C=O) groups excluding carboxylic acids is 1. The highest BCUT2D eigenvalue weighted by molar-refractivity contribution is 7.89. The first-order valence-corrected chi connectivity index (χ1v) is 15.7. The minimum absolute atomic E-state index is 0.0535. The topological polar surface area (TPSA) is 148 Å². The summed E-state index contributed by atoms with van der Waals surface area (Å²) in [6, 6.07) is 17.1. The number of sulfonamides is 1. The lowest BCUT2D eigenvalue weighted by Gasteiger charge is -2.11. The summed E-state index contributed by atoms with van der Waals surface area (Å²) in [5.74, 6) is -3.16. The number of fused-ring (bicyclic) bond motifs is 1. The number of carboxylic acids is 1. The highest BCUT2D eigenvalue weighted by Crippen LogP contribution is 2.24. The molecule has 0 saturated carbocycles. The molecule has 0 aliphatic heterocycles. The standard InChI is InChI=1S/C28H26ClFN6O3S.C2HF3O2/c29-22-6-4-21(5-7-22)27(37)34-28-33-25-18-24(40(38,39)32-13-12-20-2-8-23(30)9-3-20)10-11-26(25)36(28)16-1-15-35-17-14-31-19-35;3-2(4,5)1(6)7/h2-11,14,17-19,32H,1,12-13,15-16H2,(H,33,34,37);(H,6,7). The van der Waals surface area contributed by atoms with Crippen molar-refractivity contribution in [2.45, 2.75) is 37.0 Å². The normalized spacial score (nSPS) is 11.6. The number of amides is 1. The predicted molar refractivity (Wildman–Crippen MR) is 165 cm³/mol. The molecule has 248 valence electrons. The Labute approximate surface area is 270 Å². The molecule has 0 aliphatic carbocycles. The average molecular weight is 695 g/mol. The van der Waals surface area contributed by atoms with Crippen LogP contribution in [0.3, 0.4) is 0 Å². The zero-order valence-electron chi connectivity index (χ0n) is 24.3. The van der Waals surface area contributed by atoms with Crippen molar-refractivity contribution in [3.8, 4) is 0 Å². The molecule has 0 atom stereocenters. The maximum absolute atomic E-state index is 13.1. The van der Waals surface area contributed by atoms with Gasteiger partial charge in [0.1, 0.15) is 5.82 Å². The van der Waals surface area contributed by atoms with E-state index in [0.29, 0.717) is 47.1 Å². The van der Waals surface area contributed by atoms with Crippen molar-refractivity contribution in [3.63, 3.8) is 0 Å². The van der Waals surface area contributed by atoms with Crippen LogP contribution in [0.4, 0.5) is 23.5 Å². The second kappa shape index (κ2) is 15.2. The highest BCUT2D eigenvalue weighted by Gasteiger charge is 2.38. The summed E-state index contributed by atoms with van der Waals surface area (Å²) in [5, 5.41) is 10.5. The third kappa shape index (κ3) is 9.84. The van der Waals surface area contributed by atoms with E-state index in [1.807, 2.05) is 15.3 Å². The smallest absolute Gasteiger partial charge is 0.475 e. The average Bonchev–Trinajstić information content (AvgIpc) is 3.66. The third-order valence-corrected chi connectivity index (χ3v) is 8.29. The van der Waals surface area contributed by atoms with Crippen LogP contribution in [0.15, 0.2) is 90.3 Å². The molecular formula is C30H27ClF4N6O5S. The molecule has 1 amide bonds. The number of hydrogen-bond acceptors (Lipinski definition) is 6. The zero-order chi connectivity index (χ0) is 34.2. The largest absolute Gasteiger partial charge is 0.490 e. The quantitative estimate of drug-likeness (QED) is 0.154.